The molecule has 0 spiro atoms. The minimum atomic E-state index is 0.582. The molecule has 8 nitrogen and oxygen atoms in total. The smallest absolute Gasteiger partial charge is 0.160 e. The van der Waals surface area contributed by atoms with Crippen molar-refractivity contribution >= 4 is 87.8 Å². The summed E-state index contributed by atoms with van der Waals surface area (Å²) >= 11 is 0. The maximum atomic E-state index is 7.04. The molecule has 0 N–H and O–H groups in total. The van der Waals surface area contributed by atoms with Crippen molar-refractivity contribution in [2.75, 3.05) is 0 Å². The standard InChI is InChI=1S/C98H58N4O4/c1-4-19-59(20-5-1)60-35-37-63(38-36-60)87-57-85(61-21-6-2-7-22-61)99-97(101-87)75-50-71(66-41-44-95-83(54-66)78-29-12-16-33-91(78)105-95)47-72(51-75)73-55-80(96-84(56-73)79-30-13-17-34-92(79)106-96)67-25-18-26-68(45-67)88-58-86(62-23-8-3-9-24-62)100-98(102-88)74-48-69(64-39-42-93-81(52-64)76-27-10-14-31-89(76)103-93)46-70(49-74)65-40-43-94-82(53-65)77-28-11-15-32-90(77)104-94/h1-58H. The first-order valence-corrected chi connectivity index (χ1v) is 35.6. The van der Waals surface area contributed by atoms with Gasteiger partial charge < -0.3 is 17.7 Å². The van der Waals surface area contributed by atoms with Gasteiger partial charge in [-0.2, -0.15) is 0 Å². The molecule has 21 aromatic rings. The second-order valence-corrected chi connectivity index (χ2v) is 27.2. The molecular formula is C98H58N4O4. The first kappa shape index (κ1) is 60.4. The summed E-state index contributed by atoms with van der Waals surface area (Å²) in [5.74, 6) is 1.18. The molecule has 8 heteroatoms. The Hall–Kier alpha value is -14.3. The Balaban J connectivity index is 0.741. The minimum Gasteiger partial charge on any atom is -0.456 e. The van der Waals surface area contributed by atoms with E-state index in [4.69, 9.17) is 37.6 Å². The van der Waals surface area contributed by atoms with Crippen LogP contribution in [0.15, 0.2) is 370 Å². The number of aromatic nitrogens is 4. The van der Waals surface area contributed by atoms with Crippen LogP contribution in [0.3, 0.4) is 0 Å². The highest BCUT2D eigenvalue weighted by Crippen LogP contribution is 2.45. The van der Waals surface area contributed by atoms with Gasteiger partial charge in [-0.05, 0) is 189 Å². The van der Waals surface area contributed by atoms with Crippen LogP contribution in [-0.2, 0) is 0 Å². The zero-order valence-electron chi connectivity index (χ0n) is 56.9. The van der Waals surface area contributed by atoms with Crippen molar-refractivity contribution in [3.05, 3.63) is 352 Å². The molecule has 15 aromatic carbocycles. The van der Waals surface area contributed by atoms with Gasteiger partial charge in [-0.1, -0.05) is 224 Å². The van der Waals surface area contributed by atoms with Crippen molar-refractivity contribution in [3.8, 4) is 135 Å². The van der Waals surface area contributed by atoms with Crippen molar-refractivity contribution < 1.29 is 17.7 Å². The van der Waals surface area contributed by atoms with Crippen LogP contribution in [0.1, 0.15) is 0 Å². The van der Waals surface area contributed by atoms with Crippen LogP contribution in [0, 0.1) is 0 Å². The Labute approximate surface area is 608 Å². The fourth-order valence-corrected chi connectivity index (χ4v) is 15.4. The van der Waals surface area contributed by atoms with Crippen molar-refractivity contribution in [2.45, 2.75) is 0 Å². The van der Waals surface area contributed by atoms with Crippen molar-refractivity contribution in [1.82, 2.24) is 19.9 Å². The summed E-state index contributed by atoms with van der Waals surface area (Å²) in [5, 5.41) is 8.32. The predicted molar refractivity (Wildman–Crippen MR) is 432 cm³/mol. The number of para-hydroxylation sites is 4. The summed E-state index contributed by atoms with van der Waals surface area (Å²) in [6.07, 6.45) is 0. The fraction of sp³-hybridized carbons (Fsp3) is 0. The van der Waals surface area contributed by atoms with E-state index in [-0.39, 0.29) is 0 Å². The second kappa shape index (κ2) is 24.7. The Morgan fingerprint density at radius 3 is 0.887 bits per heavy atom. The number of nitrogens with zero attached hydrogens (tertiary/aromatic N) is 4. The number of fused-ring (bicyclic) bond motifs is 12. The Kier molecular flexibility index (Phi) is 14.1. The average molecular weight is 1360 g/mol. The summed E-state index contributed by atoms with van der Waals surface area (Å²) in [6, 6.07) is 123. The van der Waals surface area contributed by atoms with Gasteiger partial charge in [0.2, 0.25) is 0 Å². The van der Waals surface area contributed by atoms with Gasteiger partial charge in [0, 0.05) is 82.0 Å². The first-order valence-electron chi connectivity index (χ1n) is 35.6. The Bertz CT molecular complexity index is 6940. The van der Waals surface area contributed by atoms with Gasteiger partial charge in [0.05, 0.1) is 22.8 Å². The van der Waals surface area contributed by atoms with Gasteiger partial charge in [0.25, 0.3) is 0 Å². The third kappa shape index (κ3) is 10.7. The highest BCUT2D eigenvalue weighted by atomic mass is 16.3. The van der Waals surface area contributed by atoms with Crippen molar-refractivity contribution in [3.63, 3.8) is 0 Å². The zero-order chi connectivity index (χ0) is 69.8. The largest absolute Gasteiger partial charge is 0.456 e. The molecule has 0 aliphatic rings. The lowest BCUT2D eigenvalue weighted by atomic mass is 9.91. The van der Waals surface area contributed by atoms with Gasteiger partial charge in [-0.3, -0.25) is 0 Å². The van der Waals surface area contributed by atoms with Crippen LogP contribution < -0.4 is 0 Å². The minimum absolute atomic E-state index is 0.582. The molecular weight excluding hydrogens is 1300 g/mol. The molecule has 0 saturated carbocycles. The number of benzene rings is 15. The molecule has 6 heterocycles. The highest BCUT2D eigenvalue weighted by Gasteiger charge is 2.23. The Morgan fingerprint density at radius 2 is 0.434 bits per heavy atom. The van der Waals surface area contributed by atoms with E-state index in [1.807, 2.05) is 60.7 Å². The fourth-order valence-electron chi connectivity index (χ4n) is 15.4. The average Bonchev–Trinajstić information content (AvgIpc) is 1.49. The highest BCUT2D eigenvalue weighted by molar-refractivity contribution is 6.13. The lowest BCUT2D eigenvalue weighted by Gasteiger charge is -2.15. The third-order valence-electron chi connectivity index (χ3n) is 20.7. The molecule has 0 aliphatic carbocycles. The third-order valence-corrected chi connectivity index (χ3v) is 20.7. The maximum Gasteiger partial charge on any atom is 0.160 e. The molecule has 21 rings (SSSR count). The molecule has 494 valence electrons. The van der Waals surface area contributed by atoms with E-state index in [2.05, 4.69) is 291 Å². The zero-order valence-corrected chi connectivity index (χ0v) is 56.9. The molecule has 0 saturated heterocycles. The number of rotatable bonds is 12. The molecule has 6 aromatic heterocycles. The molecule has 0 fully saturated rings. The van der Waals surface area contributed by atoms with E-state index in [0.717, 1.165) is 211 Å². The number of hydrogen-bond donors (Lipinski definition) is 0. The normalized spacial score (nSPS) is 11.8. The first-order chi connectivity index (χ1) is 52.4. The van der Waals surface area contributed by atoms with Crippen LogP contribution in [0.4, 0.5) is 0 Å². The van der Waals surface area contributed by atoms with Crippen LogP contribution in [-0.4, -0.2) is 19.9 Å². The quantitative estimate of drug-likeness (QED) is 0.119. The van der Waals surface area contributed by atoms with E-state index in [9.17, 15) is 0 Å². The molecule has 0 radical (unpaired) electrons. The molecule has 0 unspecified atom stereocenters. The summed E-state index contributed by atoms with van der Waals surface area (Å²) in [4.78, 5) is 22.1. The maximum absolute atomic E-state index is 7.04. The van der Waals surface area contributed by atoms with Gasteiger partial charge in [-0.15, -0.1) is 0 Å². The van der Waals surface area contributed by atoms with Crippen LogP contribution >= 0.6 is 0 Å². The topological polar surface area (TPSA) is 104 Å². The van der Waals surface area contributed by atoms with E-state index in [0.29, 0.717) is 11.6 Å². The summed E-state index contributed by atoms with van der Waals surface area (Å²) in [7, 11) is 0. The molecule has 106 heavy (non-hydrogen) atoms. The summed E-state index contributed by atoms with van der Waals surface area (Å²) < 4.78 is 26.2. The molecule has 0 amide bonds. The van der Waals surface area contributed by atoms with E-state index in [1.54, 1.807) is 0 Å². The van der Waals surface area contributed by atoms with Gasteiger partial charge in [0.1, 0.15) is 44.7 Å². The van der Waals surface area contributed by atoms with Crippen LogP contribution in [0.5, 0.6) is 0 Å². The van der Waals surface area contributed by atoms with E-state index in [1.165, 1.54) is 0 Å². The second-order valence-electron chi connectivity index (χ2n) is 27.2. The van der Waals surface area contributed by atoms with Gasteiger partial charge in [-0.25, -0.2) is 19.9 Å². The molecule has 0 atom stereocenters. The van der Waals surface area contributed by atoms with Gasteiger partial charge >= 0.3 is 0 Å². The van der Waals surface area contributed by atoms with Gasteiger partial charge in [0.15, 0.2) is 11.6 Å². The van der Waals surface area contributed by atoms with E-state index < -0.39 is 0 Å². The van der Waals surface area contributed by atoms with Crippen molar-refractivity contribution in [1.29, 1.82) is 0 Å². The number of furan rings is 4. The van der Waals surface area contributed by atoms with E-state index >= 15 is 0 Å². The number of hydrogen-bond acceptors (Lipinski definition) is 8. The summed E-state index contributed by atoms with van der Waals surface area (Å²) in [6.45, 7) is 0. The SMILES string of the molecule is c1ccc(-c2ccc(-c3cc(-c4ccccc4)nc(-c4cc(-c5ccc6oc7ccccc7c6c5)cc(-c5cc(-c6cccc(-c7cc(-c8ccccc8)nc(-c8cc(-c9ccc%10oc%11ccccc%11c%10c9)cc(-c9ccc%10oc%11ccccc%11c%10c9)c8)n7)c6)c6oc7ccccc7c6c5)c4)n3)cc2)cc1. The lowest BCUT2D eigenvalue weighted by Crippen LogP contribution is -1.97. The Morgan fingerprint density at radius 1 is 0.151 bits per heavy atom. The predicted octanol–water partition coefficient (Wildman–Crippen LogP) is 26.9. The monoisotopic (exact) mass is 1350 g/mol. The summed E-state index contributed by atoms with van der Waals surface area (Å²) in [5.41, 5.74) is 27.6. The van der Waals surface area contributed by atoms with Crippen molar-refractivity contribution in [2.24, 2.45) is 0 Å². The molecule has 0 bridgehead atoms. The van der Waals surface area contributed by atoms with Crippen LogP contribution in [0.2, 0.25) is 0 Å². The lowest BCUT2D eigenvalue weighted by molar-refractivity contribution is 0.668. The molecule has 0 aliphatic heterocycles. The van der Waals surface area contributed by atoms with Crippen LogP contribution in [0.25, 0.3) is 222 Å².